The number of benzene rings is 1. The molecule has 1 N–H and O–H groups in total. The molecule has 0 aromatic heterocycles. The van der Waals surface area contributed by atoms with Crippen LogP contribution < -0.4 is 5.32 Å². The van der Waals surface area contributed by atoms with Gasteiger partial charge in [-0.25, -0.2) is 0 Å². The lowest BCUT2D eigenvalue weighted by Crippen LogP contribution is -2.60. The van der Waals surface area contributed by atoms with Gasteiger partial charge in [-0.05, 0) is 86.0 Å². The quantitative estimate of drug-likeness (QED) is 0.780. The maximum Gasteiger partial charge on any atom is 0.173 e. The van der Waals surface area contributed by atoms with E-state index in [2.05, 4.69) is 46.3 Å². The van der Waals surface area contributed by atoms with Gasteiger partial charge in [0.2, 0.25) is 0 Å². The molecule has 5 aliphatic rings. The molecule has 0 atom stereocenters. The van der Waals surface area contributed by atoms with Gasteiger partial charge in [-0.15, -0.1) is 0 Å². The molecule has 4 aliphatic carbocycles. The van der Waals surface area contributed by atoms with Crippen LogP contribution in [-0.2, 0) is 6.42 Å². The molecule has 1 saturated heterocycles. The van der Waals surface area contributed by atoms with Crippen molar-refractivity contribution in [1.29, 1.82) is 0 Å². The Morgan fingerprint density at radius 3 is 2.22 bits per heavy atom. The molecule has 1 aromatic rings. The third-order valence-electron chi connectivity index (χ3n) is 7.84. The number of rotatable bonds is 3. The average Bonchev–Trinajstić information content (AvgIpc) is 2.68. The van der Waals surface area contributed by atoms with Crippen LogP contribution in [0, 0.1) is 23.7 Å². The first-order valence-electron chi connectivity index (χ1n) is 11.1. The summed E-state index contributed by atoms with van der Waals surface area (Å²) in [6.07, 6.45) is 8.66. The Morgan fingerprint density at radius 1 is 0.963 bits per heavy atom. The van der Waals surface area contributed by atoms with Crippen LogP contribution in [0.5, 0.6) is 0 Å². The van der Waals surface area contributed by atoms with E-state index in [1.807, 2.05) is 0 Å². The molecule has 5 fully saturated rings. The number of aryl methyl sites for hydroxylation is 1. The molecule has 0 amide bonds. The number of hydrogen-bond acceptors (Lipinski definition) is 2. The third-order valence-corrected chi connectivity index (χ3v) is 8.20. The summed E-state index contributed by atoms with van der Waals surface area (Å²) >= 11 is 5.76. The second kappa shape index (κ2) is 7.36. The van der Waals surface area contributed by atoms with Gasteiger partial charge in [0.25, 0.3) is 0 Å². The van der Waals surface area contributed by atoms with Crippen LogP contribution in [-0.4, -0.2) is 47.1 Å². The van der Waals surface area contributed by atoms with E-state index in [1.165, 1.54) is 50.0 Å². The Kier molecular flexibility index (Phi) is 4.89. The summed E-state index contributed by atoms with van der Waals surface area (Å²) in [7, 11) is 0. The largest absolute Gasteiger partial charge is 0.346 e. The lowest BCUT2D eigenvalue weighted by atomic mass is 9.54. The zero-order valence-corrected chi connectivity index (χ0v) is 17.4. The monoisotopic (exact) mass is 383 g/mol. The van der Waals surface area contributed by atoms with Crippen molar-refractivity contribution in [3.05, 3.63) is 29.8 Å². The Labute approximate surface area is 169 Å². The Hall–Kier alpha value is -1.13. The summed E-state index contributed by atoms with van der Waals surface area (Å²) < 4.78 is 0. The van der Waals surface area contributed by atoms with Crippen molar-refractivity contribution >= 4 is 23.0 Å². The van der Waals surface area contributed by atoms with Crippen LogP contribution >= 0.6 is 12.2 Å². The first kappa shape index (κ1) is 17.9. The van der Waals surface area contributed by atoms with Gasteiger partial charge in [-0.2, -0.15) is 0 Å². The molecule has 1 aromatic carbocycles. The number of hydrogen-bond donors (Lipinski definition) is 1. The van der Waals surface area contributed by atoms with Crippen LogP contribution in [0.25, 0.3) is 0 Å². The van der Waals surface area contributed by atoms with E-state index in [-0.39, 0.29) is 0 Å². The summed E-state index contributed by atoms with van der Waals surface area (Å²) in [6.45, 7) is 6.72. The molecule has 4 heteroatoms. The number of para-hydroxylation sites is 1. The highest BCUT2D eigenvalue weighted by Gasteiger charge is 2.50. The minimum absolute atomic E-state index is 0.877. The molecule has 0 spiro atoms. The van der Waals surface area contributed by atoms with Crippen molar-refractivity contribution in [3.8, 4) is 0 Å². The minimum atomic E-state index is 0.877. The Balaban J connectivity index is 1.19. The normalized spacial score (nSPS) is 35.4. The fourth-order valence-corrected chi connectivity index (χ4v) is 7.15. The van der Waals surface area contributed by atoms with Gasteiger partial charge in [-0.3, -0.25) is 4.90 Å². The second-order valence-corrected chi connectivity index (χ2v) is 9.77. The highest BCUT2D eigenvalue weighted by atomic mass is 32.1. The molecule has 4 saturated carbocycles. The van der Waals surface area contributed by atoms with E-state index in [0.717, 1.165) is 54.3 Å². The van der Waals surface area contributed by atoms with Crippen molar-refractivity contribution in [1.82, 2.24) is 9.80 Å². The number of nitrogens with one attached hydrogen (secondary N) is 1. The van der Waals surface area contributed by atoms with Gasteiger partial charge >= 0.3 is 0 Å². The van der Waals surface area contributed by atoms with Gasteiger partial charge in [0.05, 0.1) is 0 Å². The van der Waals surface area contributed by atoms with Crippen LogP contribution in [0.2, 0.25) is 0 Å². The second-order valence-electron chi connectivity index (χ2n) is 9.39. The molecule has 1 heterocycles. The fourth-order valence-electron chi connectivity index (χ4n) is 6.86. The number of thiocarbonyl (C=S) groups is 1. The fraction of sp³-hybridized carbons (Fsp3) is 0.696. The Morgan fingerprint density at radius 2 is 1.59 bits per heavy atom. The standard InChI is InChI=1S/C23H33N3S/c1-2-18-5-3-4-6-21(18)24-23(27)26-9-7-25(8-10-26)22-19-12-16-11-17(14-19)15-20(22)13-16/h3-6,16-17,19-20,22H,2,7-15H2,1H3,(H,24,27). The van der Waals surface area contributed by atoms with Crippen LogP contribution in [0.1, 0.15) is 44.6 Å². The summed E-state index contributed by atoms with van der Waals surface area (Å²) in [5.74, 6) is 4.13. The molecule has 0 unspecified atom stereocenters. The highest BCUT2D eigenvalue weighted by molar-refractivity contribution is 7.80. The van der Waals surface area contributed by atoms with E-state index in [1.54, 1.807) is 6.42 Å². The summed E-state index contributed by atoms with van der Waals surface area (Å²) in [4.78, 5) is 5.22. The van der Waals surface area contributed by atoms with E-state index >= 15 is 0 Å². The molecule has 4 bridgehead atoms. The first-order chi connectivity index (χ1) is 13.2. The molecular formula is C23H33N3S. The van der Waals surface area contributed by atoms with Crippen LogP contribution in [0.3, 0.4) is 0 Å². The Bertz CT molecular complexity index is 667. The van der Waals surface area contributed by atoms with E-state index in [0.29, 0.717) is 0 Å². The zero-order valence-electron chi connectivity index (χ0n) is 16.6. The molecule has 27 heavy (non-hydrogen) atoms. The topological polar surface area (TPSA) is 18.5 Å². The van der Waals surface area contributed by atoms with E-state index in [9.17, 15) is 0 Å². The maximum atomic E-state index is 5.76. The number of nitrogens with zero attached hydrogens (tertiary/aromatic N) is 2. The summed E-state index contributed by atoms with van der Waals surface area (Å²) in [5.41, 5.74) is 2.51. The third kappa shape index (κ3) is 3.40. The molecule has 0 radical (unpaired) electrons. The summed E-state index contributed by atoms with van der Waals surface area (Å²) in [5, 5.41) is 4.42. The SMILES string of the molecule is CCc1ccccc1NC(=S)N1CCN(C2C3CC4CC(C3)CC2C4)CC1. The van der Waals surface area contributed by atoms with E-state index < -0.39 is 0 Å². The first-order valence-corrected chi connectivity index (χ1v) is 11.5. The van der Waals surface area contributed by atoms with Gasteiger partial charge in [0, 0.05) is 37.9 Å². The number of piperazine rings is 1. The maximum absolute atomic E-state index is 5.76. The van der Waals surface area contributed by atoms with Crippen molar-refractivity contribution in [2.24, 2.45) is 23.7 Å². The molecular weight excluding hydrogens is 350 g/mol. The lowest BCUT2D eigenvalue weighted by molar-refractivity contribution is -0.0726. The van der Waals surface area contributed by atoms with Gasteiger partial charge < -0.3 is 10.2 Å². The van der Waals surface area contributed by atoms with Gasteiger partial charge in [-0.1, -0.05) is 25.1 Å². The molecule has 146 valence electrons. The smallest absolute Gasteiger partial charge is 0.173 e. The van der Waals surface area contributed by atoms with Crippen molar-refractivity contribution in [2.45, 2.75) is 51.5 Å². The van der Waals surface area contributed by atoms with Crippen molar-refractivity contribution in [2.75, 3.05) is 31.5 Å². The van der Waals surface area contributed by atoms with Crippen molar-refractivity contribution in [3.63, 3.8) is 0 Å². The average molecular weight is 384 g/mol. The van der Waals surface area contributed by atoms with Crippen LogP contribution in [0.15, 0.2) is 24.3 Å². The molecule has 1 aliphatic heterocycles. The zero-order chi connectivity index (χ0) is 18.4. The van der Waals surface area contributed by atoms with Crippen molar-refractivity contribution < 1.29 is 0 Å². The molecule has 3 nitrogen and oxygen atoms in total. The summed E-state index contributed by atoms with van der Waals surface area (Å²) in [6, 6.07) is 9.42. The van der Waals surface area contributed by atoms with Gasteiger partial charge in [0.15, 0.2) is 5.11 Å². The molecule has 6 rings (SSSR count). The highest BCUT2D eigenvalue weighted by Crippen LogP contribution is 2.55. The number of anilines is 1. The van der Waals surface area contributed by atoms with Gasteiger partial charge in [0.1, 0.15) is 0 Å². The predicted molar refractivity (Wildman–Crippen MR) is 116 cm³/mol. The van der Waals surface area contributed by atoms with Crippen LogP contribution in [0.4, 0.5) is 5.69 Å². The van der Waals surface area contributed by atoms with E-state index in [4.69, 9.17) is 12.2 Å². The minimum Gasteiger partial charge on any atom is -0.346 e. The predicted octanol–water partition coefficient (Wildman–Crippen LogP) is 4.39. The lowest BCUT2D eigenvalue weighted by Gasteiger charge is -2.58.